The normalized spacial score (nSPS) is 17.3. The molecular formula is C29H32N4O. The Bertz CT molecular complexity index is 1290. The first-order chi connectivity index (χ1) is 16.7. The van der Waals surface area contributed by atoms with Crippen LogP contribution in [0.3, 0.4) is 0 Å². The Morgan fingerprint density at radius 1 is 0.971 bits per heavy atom. The third kappa shape index (κ3) is 4.33. The van der Waals surface area contributed by atoms with Crippen molar-refractivity contribution in [2.75, 3.05) is 25.0 Å². The van der Waals surface area contributed by atoms with Gasteiger partial charge >= 0.3 is 0 Å². The maximum absolute atomic E-state index is 10.7. The van der Waals surface area contributed by atoms with Gasteiger partial charge in [-0.3, -0.25) is 4.90 Å². The van der Waals surface area contributed by atoms with Crippen LogP contribution in [0.4, 0.5) is 5.69 Å². The number of β-amino-alcohol motifs (C(OH)–C–C–N with tert-alkyl or cyclic N) is 1. The van der Waals surface area contributed by atoms with E-state index in [0.29, 0.717) is 19.1 Å². The van der Waals surface area contributed by atoms with Crippen molar-refractivity contribution in [1.82, 2.24) is 14.5 Å². The van der Waals surface area contributed by atoms with Crippen molar-refractivity contribution in [1.29, 1.82) is 0 Å². The molecule has 0 radical (unpaired) electrons. The van der Waals surface area contributed by atoms with E-state index in [1.165, 1.54) is 47.0 Å². The number of aromatic nitrogens is 2. The molecule has 1 saturated carbocycles. The number of anilines is 1. The number of nitrogens with zero attached hydrogens (tertiary/aromatic N) is 3. The molecular weight excluding hydrogens is 420 g/mol. The maximum Gasteiger partial charge on any atom is 0.0960 e. The Balaban J connectivity index is 1.10. The molecule has 2 N–H and O–H groups in total. The molecule has 0 bridgehead atoms. The summed E-state index contributed by atoms with van der Waals surface area (Å²) in [5.41, 5.74) is 8.52. The van der Waals surface area contributed by atoms with Crippen molar-refractivity contribution in [3.8, 4) is 11.1 Å². The van der Waals surface area contributed by atoms with Crippen LogP contribution in [0.5, 0.6) is 0 Å². The highest BCUT2D eigenvalue weighted by Crippen LogP contribution is 2.35. The van der Waals surface area contributed by atoms with E-state index >= 15 is 0 Å². The zero-order valence-electron chi connectivity index (χ0n) is 19.5. The first kappa shape index (κ1) is 21.4. The summed E-state index contributed by atoms with van der Waals surface area (Å²) in [6.45, 7) is 3.14. The molecule has 4 aromatic rings. The van der Waals surface area contributed by atoms with E-state index in [1.54, 1.807) is 0 Å². The van der Waals surface area contributed by atoms with E-state index in [1.807, 2.05) is 6.33 Å². The Hall–Kier alpha value is -3.15. The molecule has 5 nitrogen and oxygen atoms in total. The molecule has 1 atom stereocenters. The average Bonchev–Trinajstić information content (AvgIpc) is 3.24. The molecule has 1 aliphatic carbocycles. The third-order valence-corrected chi connectivity index (χ3v) is 7.46. The van der Waals surface area contributed by atoms with Gasteiger partial charge in [-0.25, -0.2) is 4.98 Å². The van der Waals surface area contributed by atoms with E-state index in [2.05, 4.69) is 86.5 Å². The summed E-state index contributed by atoms with van der Waals surface area (Å²) in [6.07, 6.45) is 6.46. The number of nitrogens with one attached hydrogen (secondary N) is 1. The molecule has 1 aromatic heterocycles. The Morgan fingerprint density at radius 3 is 2.68 bits per heavy atom. The molecule has 0 amide bonds. The molecule has 1 aliphatic heterocycles. The number of benzene rings is 3. The first-order valence-electron chi connectivity index (χ1n) is 12.5. The number of hydrogen-bond donors (Lipinski definition) is 2. The van der Waals surface area contributed by atoms with Crippen LogP contribution >= 0.6 is 0 Å². The SMILES string of the molecule is OC(CNc1cccc(-c2ccc3ncn(C4CCC4)c3c2)c1)CN1CCc2ccccc2C1. The predicted octanol–water partition coefficient (Wildman–Crippen LogP) is 5.26. The second-order valence-corrected chi connectivity index (χ2v) is 9.81. The molecule has 1 unspecified atom stereocenters. The molecule has 2 heterocycles. The quantitative estimate of drug-likeness (QED) is 0.402. The van der Waals surface area contributed by atoms with Gasteiger partial charge in [0.15, 0.2) is 0 Å². The minimum Gasteiger partial charge on any atom is -0.390 e. The van der Waals surface area contributed by atoms with Gasteiger partial charge in [0, 0.05) is 37.9 Å². The lowest BCUT2D eigenvalue weighted by Crippen LogP contribution is -2.39. The van der Waals surface area contributed by atoms with Crippen molar-refractivity contribution in [3.63, 3.8) is 0 Å². The molecule has 174 valence electrons. The maximum atomic E-state index is 10.7. The fourth-order valence-electron chi connectivity index (χ4n) is 5.28. The Labute approximate surface area is 201 Å². The summed E-state index contributed by atoms with van der Waals surface area (Å²) in [4.78, 5) is 6.95. The van der Waals surface area contributed by atoms with Gasteiger partial charge in [-0.1, -0.05) is 42.5 Å². The van der Waals surface area contributed by atoms with Crippen LogP contribution in [0.15, 0.2) is 73.1 Å². The van der Waals surface area contributed by atoms with E-state index in [-0.39, 0.29) is 0 Å². The lowest BCUT2D eigenvalue weighted by Gasteiger charge is -2.30. The van der Waals surface area contributed by atoms with Crippen molar-refractivity contribution in [2.45, 2.75) is 44.4 Å². The summed E-state index contributed by atoms with van der Waals surface area (Å²) in [5, 5.41) is 14.1. The largest absolute Gasteiger partial charge is 0.390 e. The highest BCUT2D eigenvalue weighted by molar-refractivity contribution is 5.83. The monoisotopic (exact) mass is 452 g/mol. The number of aliphatic hydroxyl groups is 1. The third-order valence-electron chi connectivity index (χ3n) is 7.46. The van der Waals surface area contributed by atoms with Crippen LogP contribution in [0, 0.1) is 0 Å². The van der Waals surface area contributed by atoms with Crippen LogP contribution in [0.2, 0.25) is 0 Å². The Kier molecular flexibility index (Phi) is 5.81. The molecule has 6 rings (SSSR count). The predicted molar refractivity (Wildman–Crippen MR) is 138 cm³/mol. The van der Waals surface area contributed by atoms with E-state index in [0.717, 1.165) is 30.7 Å². The fourth-order valence-corrected chi connectivity index (χ4v) is 5.28. The zero-order chi connectivity index (χ0) is 22.9. The summed E-state index contributed by atoms with van der Waals surface area (Å²) in [5.74, 6) is 0. The number of rotatable bonds is 7. The van der Waals surface area contributed by atoms with Gasteiger partial charge in [0.25, 0.3) is 0 Å². The number of imidazole rings is 1. The topological polar surface area (TPSA) is 53.3 Å². The summed E-state index contributed by atoms with van der Waals surface area (Å²) < 4.78 is 2.35. The molecule has 2 aliphatic rings. The second-order valence-electron chi connectivity index (χ2n) is 9.81. The van der Waals surface area contributed by atoms with Gasteiger partial charge in [0.1, 0.15) is 0 Å². The van der Waals surface area contributed by atoms with Crippen LogP contribution in [0.25, 0.3) is 22.2 Å². The Morgan fingerprint density at radius 2 is 1.82 bits per heavy atom. The fraction of sp³-hybridized carbons (Fsp3) is 0.345. The standard InChI is InChI=1S/C29H32N4O/c34-27(19-32-14-13-21-5-1-2-6-24(21)18-32)17-30-25-8-3-7-22(15-25)23-11-12-28-29(16-23)33(20-31-28)26-9-4-10-26/h1-3,5-8,11-12,15-16,20,26-27,30,34H,4,9-10,13-14,17-19H2. The van der Waals surface area contributed by atoms with Gasteiger partial charge < -0.3 is 15.0 Å². The molecule has 5 heteroatoms. The van der Waals surface area contributed by atoms with E-state index < -0.39 is 6.10 Å². The summed E-state index contributed by atoms with van der Waals surface area (Å²) >= 11 is 0. The van der Waals surface area contributed by atoms with Gasteiger partial charge in [0.05, 0.1) is 23.5 Å². The minimum atomic E-state index is -0.415. The van der Waals surface area contributed by atoms with Gasteiger partial charge in [-0.15, -0.1) is 0 Å². The van der Waals surface area contributed by atoms with Gasteiger partial charge in [-0.2, -0.15) is 0 Å². The zero-order valence-corrected chi connectivity index (χ0v) is 19.5. The van der Waals surface area contributed by atoms with Crippen molar-refractivity contribution >= 4 is 16.7 Å². The van der Waals surface area contributed by atoms with Crippen molar-refractivity contribution < 1.29 is 5.11 Å². The van der Waals surface area contributed by atoms with Crippen LogP contribution in [-0.2, 0) is 13.0 Å². The minimum absolute atomic E-state index is 0.415. The molecule has 34 heavy (non-hydrogen) atoms. The van der Waals surface area contributed by atoms with Crippen molar-refractivity contribution in [3.05, 3.63) is 84.2 Å². The van der Waals surface area contributed by atoms with Gasteiger partial charge in [-0.05, 0) is 72.2 Å². The van der Waals surface area contributed by atoms with Crippen LogP contribution in [-0.4, -0.2) is 45.3 Å². The van der Waals surface area contributed by atoms with Crippen molar-refractivity contribution in [2.24, 2.45) is 0 Å². The lowest BCUT2D eigenvalue weighted by atomic mass is 9.92. The average molecular weight is 453 g/mol. The molecule has 3 aromatic carbocycles. The van der Waals surface area contributed by atoms with E-state index in [9.17, 15) is 5.11 Å². The number of fused-ring (bicyclic) bond motifs is 2. The first-order valence-corrected chi connectivity index (χ1v) is 12.5. The number of aliphatic hydroxyl groups excluding tert-OH is 1. The molecule has 1 fully saturated rings. The van der Waals surface area contributed by atoms with Crippen LogP contribution < -0.4 is 5.32 Å². The highest BCUT2D eigenvalue weighted by Gasteiger charge is 2.21. The van der Waals surface area contributed by atoms with E-state index in [4.69, 9.17) is 0 Å². The summed E-state index contributed by atoms with van der Waals surface area (Å²) in [7, 11) is 0. The highest BCUT2D eigenvalue weighted by atomic mass is 16.3. The molecule has 0 saturated heterocycles. The lowest BCUT2D eigenvalue weighted by molar-refractivity contribution is 0.114. The summed E-state index contributed by atoms with van der Waals surface area (Å²) in [6, 6.07) is 24.3. The van der Waals surface area contributed by atoms with Crippen LogP contribution in [0.1, 0.15) is 36.4 Å². The second kappa shape index (κ2) is 9.24. The smallest absolute Gasteiger partial charge is 0.0960 e. The number of hydrogen-bond acceptors (Lipinski definition) is 4. The molecule has 0 spiro atoms. The van der Waals surface area contributed by atoms with Gasteiger partial charge in [0.2, 0.25) is 0 Å².